The summed E-state index contributed by atoms with van der Waals surface area (Å²) in [5.41, 5.74) is -0.829. The molecule has 3 heterocycles. The van der Waals surface area contributed by atoms with E-state index in [4.69, 9.17) is 9.88 Å². The van der Waals surface area contributed by atoms with E-state index in [1.807, 2.05) is 0 Å². The quantitative estimate of drug-likeness (QED) is 0.660. The van der Waals surface area contributed by atoms with Crippen molar-refractivity contribution in [1.82, 2.24) is 14.7 Å². The Balaban J connectivity index is 1.45. The molecule has 2 fully saturated rings. The molecule has 4 rings (SSSR count). The lowest BCUT2D eigenvalue weighted by atomic mass is 9.60. The number of carbonyl (C=O) groups excluding carboxylic acids is 1. The predicted molar refractivity (Wildman–Crippen MR) is 98.5 cm³/mol. The molecule has 1 aromatic rings. The molecule has 0 unspecified atom stereocenters. The third kappa shape index (κ3) is 3.46. The van der Waals surface area contributed by atoms with E-state index < -0.39 is 15.8 Å². The Morgan fingerprint density at radius 1 is 1.30 bits per heavy atom. The number of aromatic nitrogens is 2. The first-order chi connectivity index (χ1) is 12.6. The Morgan fingerprint density at radius 3 is 2.59 bits per heavy atom. The molecule has 1 amide bonds. The van der Waals surface area contributed by atoms with E-state index in [-0.39, 0.29) is 17.4 Å². The van der Waals surface area contributed by atoms with Gasteiger partial charge in [-0.2, -0.15) is 13.1 Å². The number of carbonyl (C=O) groups is 1. The van der Waals surface area contributed by atoms with Crippen LogP contribution in [-0.4, -0.2) is 49.0 Å². The van der Waals surface area contributed by atoms with E-state index in [0.717, 1.165) is 38.8 Å². The fraction of sp³-hybridized carbons (Fsp3) is 0.688. The van der Waals surface area contributed by atoms with Crippen LogP contribution in [-0.2, 0) is 15.0 Å². The second kappa shape index (κ2) is 6.01. The Bertz CT molecular complexity index is 871. The summed E-state index contributed by atoms with van der Waals surface area (Å²) in [5.74, 6) is 1.34. The second-order valence-electron chi connectivity index (χ2n) is 8.20. The molecular formula is C16H24N6O4S. The van der Waals surface area contributed by atoms with E-state index in [1.54, 1.807) is 13.8 Å². The zero-order valence-electron chi connectivity index (χ0n) is 15.4. The topological polar surface area (TPSA) is 140 Å². The molecule has 0 radical (unpaired) electrons. The number of hydrogen-bond donors (Lipinski definition) is 3. The third-order valence-electron chi connectivity index (χ3n) is 5.73. The van der Waals surface area contributed by atoms with Gasteiger partial charge >= 0.3 is 0 Å². The summed E-state index contributed by atoms with van der Waals surface area (Å²) < 4.78 is 30.7. The summed E-state index contributed by atoms with van der Waals surface area (Å²) in [6.07, 6.45) is 4.90. The summed E-state index contributed by atoms with van der Waals surface area (Å²) in [6, 6.07) is -0.0716. The first-order valence-corrected chi connectivity index (χ1v) is 10.5. The average molecular weight is 396 g/mol. The normalized spacial score (nSPS) is 24.0. The van der Waals surface area contributed by atoms with E-state index in [1.165, 1.54) is 6.33 Å². The maximum absolute atomic E-state index is 12.1. The minimum absolute atomic E-state index is 0.0716. The SMILES string of the molecule is CC1(C)Oc2c(ncnc2N2CCC3(CC2)CC(NS(N)(=O)=O)C3)NC1=O. The zero-order chi connectivity index (χ0) is 19.4. The van der Waals surface area contributed by atoms with Crippen molar-refractivity contribution in [2.45, 2.75) is 51.2 Å². The van der Waals surface area contributed by atoms with Gasteiger partial charge in [0.2, 0.25) is 5.75 Å². The summed E-state index contributed by atoms with van der Waals surface area (Å²) in [5, 5.41) is 7.83. The Morgan fingerprint density at radius 2 is 1.96 bits per heavy atom. The van der Waals surface area contributed by atoms with Crippen molar-refractivity contribution in [2.24, 2.45) is 10.6 Å². The van der Waals surface area contributed by atoms with Crippen LogP contribution in [0.15, 0.2) is 6.33 Å². The smallest absolute Gasteiger partial charge is 0.274 e. The first kappa shape index (κ1) is 18.4. The number of hydrogen-bond acceptors (Lipinski definition) is 7. The van der Waals surface area contributed by atoms with Crippen molar-refractivity contribution in [3.8, 4) is 5.75 Å². The summed E-state index contributed by atoms with van der Waals surface area (Å²) >= 11 is 0. The molecule has 0 bridgehead atoms. The standard InChI is InChI=1S/C16H24N6O4S/c1-15(2)14(23)20-12-11(26-15)13(19-9-18-12)22-5-3-16(4-6-22)7-10(8-16)21-27(17,24)25/h9-10,21H,3-8H2,1-2H3,(H2,17,24,25)(H,18,19,20,23). The molecule has 4 N–H and O–H groups in total. The van der Waals surface area contributed by atoms with Crippen LogP contribution in [0.1, 0.15) is 39.5 Å². The maximum Gasteiger partial charge on any atom is 0.274 e. The molecule has 1 aromatic heterocycles. The largest absolute Gasteiger partial charge is 0.470 e. The highest BCUT2D eigenvalue weighted by Gasteiger charge is 2.47. The molecule has 11 heteroatoms. The summed E-state index contributed by atoms with van der Waals surface area (Å²) in [4.78, 5) is 22.7. The zero-order valence-corrected chi connectivity index (χ0v) is 16.2. The molecule has 27 heavy (non-hydrogen) atoms. The lowest BCUT2D eigenvalue weighted by Crippen LogP contribution is -2.56. The van der Waals surface area contributed by atoms with Crippen LogP contribution in [0.2, 0.25) is 0 Å². The number of fused-ring (bicyclic) bond motifs is 1. The fourth-order valence-electron chi connectivity index (χ4n) is 4.23. The van der Waals surface area contributed by atoms with E-state index >= 15 is 0 Å². The number of anilines is 2. The van der Waals surface area contributed by atoms with E-state index in [9.17, 15) is 13.2 Å². The lowest BCUT2D eigenvalue weighted by molar-refractivity contribution is -0.129. The van der Waals surface area contributed by atoms with Gasteiger partial charge in [0.15, 0.2) is 17.2 Å². The highest BCUT2D eigenvalue weighted by molar-refractivity contribution is 7.87. The third-order valence-corrected chi connectivity index (χ3v) is 6.40. The number of nitrogens with zero attached hydrogens (tertiary/aromatic N) is 3. The highest BCUT2D eigenvalue weighted by atomic mass is 32.2. The van der Waals surface area contributed by atoms with Crippen molar-refractivity contribution in [3.05, 3.63) is 6.33 Å². The van der Waals surface area contributed by atoms with Gasteiger partial charge in [-0.15, -0.1) is 0 Å². The molecule has 2 aliphatic heterocycles. The first-order valence-electron chi connectivity index (χ1n) is 8.97. The van der Waals surface area contributed by atoms with Crippen molar-refractivity contribution in [2.75, 3.05) is 23.3 Å². The van der Waals surface area contributed by atoms with Crippen molar-refractivity contribution < 1.29 is 17.9 Å². The fourth-order valence-corrected chi connectivity index (χ4v) is 4.87. The molecule has 1 spiro atoms. The van der Waals surface area contributed by atoms with Crippen molar-refractivity contribution in [3.63, 3.8) is 0 Å². The molecule has 148 valence electrons. The average Bonchev–Trinajstić information content (AvgIpc) is 2.53. The van der Waals surface area contributed by atoms with Gasteiger partial charge in [0.25, 0.3) is 16.1 Å². The predicted octanol–water partition coefficient (Wildman–Crippen LogP) is 0.128. The van der Waals surface area contributed by atoms with Gasteiger partial charge in [0.1, 0.15) is 6.33 Å². The molecule has 10 nitrogen and oxygen atoms in total. The van der Waals surface area contributed by atoms with Crippen molar-refractivity contribution >= 4 is 27.8 Å². The second-order valence-corrected chi connectivity index (χ2v) is 9.52. The Kier molecular flexibility index (Phi) is 4.09. The minimum atomic E-state index is -3.65. The van der Waals surface area contributed by atoms with Crippen LogP contribution in [0.25, 0.3) is 0 Å². The molecule has 1 saturated heterocycles. The number of ether oxygens (including phenoxy) is 1. The van der Waals surface area contributed by atoms with E-state index in [2.05, 4.69) is 24.9 Å². The van der Waals surface area contributed by atoms with Gasteiger partial charge in [0.05, 0.1) is 0 Å². The number of nitrogens with one attached hydrogen (secondary N) is 2. The number of amides is 1. The van der Waals surface area contributed by atoms with Crippen LogP contribution >= 0.6 is 0 Å². The highest BCUT2D eigenvalue weighted by Crippen LogP contribution is 2.50. The summed E-state index contributed by atoms with van der Waals surface area (Å²) in [7, 11) is -3.65. The van der Waals surface area contributed by atoms with Gasteiger partial charge in [-0.3, -0.25) is 4.79 Å². The van der Waals surface area contributed by atoms with E-state index in [0.29, 0.717) is 17.4 Å². The number of nitrogens with two attached hydrogens (primary N) is 1. The van der Waals surface area contributed by atoms with Gasteiger partial charge < -0.3 is 15.0 Å². The molecule has 1 saturated carbocycles. The molecule has 3 aliphatic rings. The van der Waals surface area contributed by atoms with Gasteiger partial charge in [-0.1, -0.05) is 0 Å². The molecular weight excluding hydrogens is 372 g/mol. The van der Waals surface area contributed by atoms with Crippen LogP contribution in [0.4, 0.5) is 11.6 Å². The molecule has 0 atom stereocenters. The van der Waals surface area contributed by atoms with Gasteiger partial charge in [-0.05, 0) is 44.9 Å². The lowest BCUT2D eigenvalue weighted by Gasteiger charge is -2.52. The van der Waals surface area contributed by atoms with Gasteiger partial charge in [0, 0.05) is 19.1 Å². The minimum Gasteiger partial charge on any atom is -0.470 e. The van der Waals surface area contributed by atoms with Crippen LogP contribution in [0.5, 0.6) is 5.75 Å². The Hall–Kier alpha value is -1.98. The molecule has 1 aliphatic carbocycles. The van der Waals surface area contributed by atoms with Crippen molar-refractivity contribution in [1.29, 1.82) is 0 Å². The van der Waals surface area contributed by atoms with Crippen LogP contribution in [0, 0.1) is 5.41 Å². The maximum atomic E-state index is 12.1. The number of piperidine rings is 1. The summed E-state index contributed by atoms with van der Waals surface area (Å²) in [6.45, 7) is 4.98. The number of rotatable bonds is 3. The van der Waals surface area contributed by atoms with Crippen LogP contribution < -0.4 is 24.8 Å². The monoisotopic (exact) mass is 396 g/mol. The molecule has 0 aromatic carbocycles. The van der Waals surface area contributed by atoms with Gasteiger partial charge in [-0.25, -0.2) is 15.1 Å². The van der Waals surface area contributed by atoms with Crippen LogP contribution in [0.3, 0.4) is 0 Å². The Labute approximate surface area is 158 Å².